The number of hydrogen-bond acceptors (Lipinski definition) is 4. The molecule has 2 unspecified atom stereocenters. The van der Waals surface area contributed by atoms with E-state index in [1.54, 1.807) is 6.20 Å². The second kappa shape index (κ2) is 5.33. The van der Waals surface area contributed by atoms with E-state index in [2.05, 4.69) is 27.1 Å². The van der Waals surface area contributed by atoms with Crippen molar-refractivity contribution in [3.05, 3.63) is 11.5 Å². The molecule has 19 heavy (non-hydrogen) atoms. The van der Waals surface area contributed by atoms with Crippen LogP contribution in [0.25, 0.3) is 11.0 Å². The summed E-state index contributed by atoms with van der Waals surface area (Å²) in [6.45, 7) is 2.22. The third-order valence-electron chi connectivity index (χ3n) is 3.87. The van der Waals surface area contributed by atoms with Gasteiger partial charge >= 0.3 is 0 Å². The molecular formula is C13H17ClN4O. The lowest BCUT2D eigenvalue weighted by molar-refractivity contribution is 0.0874. The molecule has 1 aliphatic carbocycles. The van der Waals surface area contributed by atoms with Crippen LogP contribution in [0, 0.1) is 5.92 Å². The molecule has 0 radical (unpaired) electrons. The van der Waals surface area contributed by atoms with Crippen molar-refractivity contribution in [2.75, 3.05) is 0 Å². The molecule has 0 aromatic carbocycles. The van der Waals surface area contributed by atoms with Crippen molar-refractivity contribution in [1.29, 1.82) is 0 Å². The van der Waals surface area contributed by atoms with Crippen LogP contribution in [-0.2, 0) is 0 Å². The summed E-state index contributed by atoms with van der Waals surface area (Å²) in [5.74, 6) is 1.15. The fraction of sp³-hybridized carbons (Fsp3) is 0.615. The van der Waals surface area contributed by atoms with Crippen LogP contribution in [-0.4, -0.2) is 26.3 Å². The van der Waals surface area contributed by atoms with E-state index in [1.165, 1.54) is 19.3 Å². The lowest BCUT2D eigenvalue weighted by Crippen LogP contribution is -2.30. The largest absolute Gasteiger partial charge is 0.473 e. The molecule has 2 aromatic rings. The van der Waals surface area contributed by atoms with E-state index < -0.39 is 0 Å². The standard InChI is InChI=1S/C13H17ClN4O/c1-2-8-5-3-4-6-10(8)19-12-9-7-15-18-11(9)16-13(14)17-12/h7-8,10H,2-6H2,1H3,(H,15,16,17,18). The summed E-state index contributed by atoms with van der Waals surface area (Å²) in [5.41, 5.74) is 0.624. The molecule has 1 fully saturated rings. The van der Waals surface area contributed by atoms with E-state index in [-0.39, 0.29) is 11.4 Å². The summed E-state index contributed by atoms with van der Waals surface area (Å²) >= 11 is 5.92. The minimum atomic E-state index is 0.190. The molecule has 6 heteroatoms. The van der Waals surface area contributed by atoms with Crippen molar-refractivity contribution in [2.24, 2.45) is 5.92 Å². The number of nitrogens with zero attached hydrogens (tertiary/aromatic N) is 3. The van der Waals surface area contributed by atoms with Crippen molar-refractivity contribution in [3.63, 3.8) is 0 Å². The van der Waals surface area contributed by atoms with E-state index in [0.717, 1.165) is 18.2 Å². The van der Waals surface area contributed by atoms with Crippen molar-refractivity contribution in [3.8, 4) is 5.88 Å². The summed E-state index contributed by atoms with van der Waals surface area (Å²) in [4.78, 5) is 8.29. The highest BCUT2D eigenvalue weighted by Gasteiger charge is 2.26. The summed E-state index contributed by atoms with van der Waals surface area (Å²) in [5, 5.41) is 7.75. The van der Waals surface area contributed by atoms with E-state index in [4.69, 9.17) is 16.3 Å². The Bertz CT molecular complexity index is 571. The molecule has 5 nitrogen and oxygen atoms in total. The lowest BCUT2D eigenvalue weighted by atomic mass is 9.85. The average Bonchev–Trinajstić information content (AvgIpc) is 2.87. The van der Waals surface area contributed by atoms with Gasteiger partial charge in [0.2, 0.25) is 11.2 Å². The third kappa shape index (κ3) is 2.52. The number of fused-ring (bicyclic) bond motifs is 1. The molecule has 0 bridgehead atoms. The van der Waals surface area contributed by atoms with Gasteiger partial charge in [0.1, 0.15) is 11.5 Å². The molecule has 1 aliphatic rings. The van der Waals surface area contributed by atoms with Gasteiger partial charge in [-0.3, -0.25) is 5.10 Å². The van der Waals surface area contributed by atoms with Crippen LogP contribution in [0.5, 0.6) is 5.88 Å². The Morgan fingerprint density at radius 2 is 2.21 bits per heavy atom. The number of hydrogen-bond donors (Lipinski definition) is 1. The predicted molar refractivity (Wildman–Crippen MR) is 73.4 cm³/mol. The van der Waals surface area contributed by atoms with Crippen molar-refractivity contribution < 1.29 is 4.74 Å². The second-order valence-electron chi connectivity index (χ2n) is 5.04. The monoisotopic (exact) mass is 280 g/mol. The second-order valence-corrected chi connectivity index (χ2v) is 5.38. The minimum absolute atomic E-state index is 0.190. The molecule has 0 aliphatic heterocycles. The fourth-order valence-corrected chi connectivity index (χ4v) is 2.97. The SMILES string of the molecule is CCC1CCCCC1Oc1nc(Cl)nc2[nH]ncc12. The predicted octanol–water partition coefficient (Wildman–Crippen LogP) is 3.35. The van der Waals surface area contributed by atoms with Gasteiger partial charge in [0.05, 0.1) is 6.20 Å². The molecule has 0 spiro atoms. The molecule has 2 atom stereocenters. The maximum atomic E-state index is 6.12. The maximum Gasteiger partial charge on any atom is 0.229 e. The number of halogens is 1. The van der Waals surface area contributed by atoms with Gasteiger partial charge in [-0.2, -0.15) is 15.1 Å². The maximum absolute atomic E-state index is 6.12. The number of aromatic amines is 1. The zero-order chi connectivity index (χ0) is 13.2. The quantitative estimate of drug-likeness (QED) is 0.876. The Balaban J connectivity index is 1.89. The van der Waals surface area contributed by atoms with Crippen molar-refractivity contribution in [1.82, 2.24) is 20.2 Å². The average molecular weight is 281 g/mol. The van der Waals surface area contributed by atoms with Crippen molar-refractivity contribution in [2.45, 2.75) is 45.1 Å². The molecule has 2 heterocycles. The summed E-state index contributed by atoms with van der Waals surface area (Å²) in [6, 6.07) is 0. The summed E-state index contributed by atoms with van der Waals surface area (Å²) < 4.78 is 6.12. The van der Waals surface area contributed by atoms with Gasteiger partial charge < -0.3 is 4.74 Å². The topological polar surface area (TPSA) is 63.7 Å². The van der Waals surface area contributed by atoms with E-state index >= 15 is 0 Å². The van der Waals surface area contributed by atoms with E-state index in [1.807, 2.05) is 0 Å². The van der Waals surface area contributed by atoms with Crippen LogP contribution in [0.15, 0.2) is 6.20 Å². The van der Waals surface area contributed by atoms with Gasteiger partial charge in [-0.1, -0.05) is 13.3 Å². The van der Waals surface area contributed by atoms with Gasteiger partial charge in [-0.25, -0.2) is 0 Å². The molecule has 1 N–H and O–H groups in total. The first kappa shape index (κ1) is 12.7. The Labute approximate surface area is 116 Å². The van der Waals surface area contributed by atoms with Crippen LogP contribution >= 0.6 is 11.6 Å². The van der Waals surface area contributed by atoms with Crippen molar-refractivity contribution >= 4 is 22.6 Å². The first-order chi connectivity index (χ1) is 9.28. The van der Waals surface area contributed by atoms with Gasteiger partial charge in [0.25, 0.3) is 0 Å². The number of aromatic nitrogens is 4. The Morgan fingerprint density at radius 1 is 1.37 bits per heavy atom. The zero-order valence-electron chi connectivity index (χ0n) is 10.9. The van der Waals surface area contributed by atoms with Gasteiger partial charge in [-0.15, -0.1) is 0 Å². The molecule has 2 aromatic heterocycles. The van der Waals surface area contributed by atoms with Crippen LogP contribution < -0.4 is 4.74 Å². The van der Waals surface area contributed by atoms with E-state index in [9.17, 15) is 0 Å². The van der Waals surface area contributed by atoms with Gasteiger partial charge in [-0.05, 0) is 43.2 Å². The van der Waals surface area contributed by atoms with Gasteiger partial charge in [0.15, 0.2) is 5.65 Å². The summed E-state index contributed by atoms with van der Waals surface area (Å²) in [7, 11) is 0. The Morgan fingerprint density at radius 3 is 3.05 bits per heavy atom. The molecule has 0 amide bonds. The molecular weight excluding hydrogens is 264 g/mol. The van der Waals surface area contributed by atoms with E-state index in [0.29, 0.717) is 17.4 Å². The number of rotatable bonds is 3. The highest BCUT2D eigenvalue weighted by molar-refractivity contribution is 6.28. The van der Waals surface area contributed by atoms with Crippen LogP contribution in [0.3, 0.4) is 0 Å². The first-order valence-corrected chi connectivity index (χ1v) is 7.19. The molecule has 1 saturated carbocycles. The van der Waals surface area contributed by atoms with Gasteiger partial charge in [0, 0.05) is 0 Å². The zero-order valence-corrected chi connectivity index (χ0v) is 11.7. The first-order valence-electron chi connectivity index (χ1n) is 6.81. The normalized spacial score (nSPS) is 23.7. The number of H-pyrrole nitrogens is 1. The third-order valence-corrected chi connectivity index (χ3v) is 4.04. The lowest BCUT2D eigenvalue weighted by Gasteiger charge is -2.30. The highest BCUT2D eigenvalue weighted by atomic mass is 35.5. The van der Waals surface area contributed by atoms with Crippen LogP contribution in [0.2, 0.25) is 5.28 Å². The number of ether oxygens (including phenoxy) is 1. The summed E-state index contributed by atoms with van der Waals surface area (Å²) in [6.07, 6.45) is 7.87. The fourth-order valence-electron chi connectivity index (χ4n) is 2.81. The minimum Gasteiger partial charge on any atom is -0.473 e. The Hall–Kier alpha value is -1.36. The van der Waals surface area contributed by atoms with Crippen LogP contribution in [0.4, 0.5) is 0 Å². The smallest absolute Gasteiger partial charge is 0.229 e. The van der Waals surface area contributed by atoms with Crippen LogP contribution in [0.1, 0.15) is 39.0 Å². The molecule has 0 saturated heterocycles. The molecule has 102 valence electrons. The Kier molecular flexibility index (Phi) is 3.55. The molecule has 3 rings (SSSR count). The highest BCUT2D eigenvalue weighted by Crippen LogP contribution is 2.32. The number of nitrogens with one attached hydrogen (secondary N) is 1.